The zero-order chi connectivity index (χ0) is 5.82. The molecule has 0 N–H and O–H groups in total. The maximum atomic E-state index is 3.83. The van der Waals surface area contributed by atoms with E-state index in [2.05, 4.69) is 11.8 Å². The Morgan fingerprint density at radius 3 is 2.38 bits per heavy atom. The molecule has 0 aromatic heterocycles. The van der Waals surface area contributed by atoms with Crippen LogP contribution in [0.2, 0.25) is 0 Å². The Morgan fingerprint density at radius 1 is 1.38 bits per heavy atom. The maximum absolute atomic E-state index is 3.83. The molecule has 1 nitrogen and oxygen atoms in total. The largest absolute Gasteiger partial charge is 0.302 e. The van der Waals surface area contributed by atoms with E-state index in [4.69, 9.17) is 0 Å². The van der Waals surface area contributed by atoms with E-state index >= 15 is 0 Å². The van der Waals surface area contributed by atoms with Crippen LogP contribution in [-0.4, -0.2) is 36.0 Å². The molecule has 0 aliphatic carbocycles. The number of rotatable bonds is 1. The number of thioether (sulfide) groups is 1. The SMILES string of the molecule is [CH2]CN1CCSCC1. The standard InChI is InChI=1S/C6H12NS/c1-2-7-3-5-8-6-4-7/h1-6H2. The fraction of sp³-hybridized carbons (Fsp3) is 0.833. The van der Waals surface area contributed by atoms with Crippen molar-refractivity contribution in [3.05, 3.63) is 6.92 Å². The van der Waals surface area contributed by atoms with Gasteiger partial charge in [0, 0.05) is 24.6 Å². The fourth-order valence-electron chi connectivity index (χ4n) is 0.825. The van der Waals surface area contributed by atoms with Crippen molar-refractivity contribution in [2.45, 2.75) is 0 Å². The first kappa shape index (κ1) is 6.43. The summed E-state index contributed by atoms with van der Waals surface area (Å²) in [6, 6.07) is 0. The second-order valence-electron chi connectivity index (χ2n) is 1.95. The Bertz CT molecular complexity index is 59.5. The Morgan fingerprint density at radius 2 is 2.00 bits per heavy atom. The van der Waals surface area contributed by atoms with Crippen LogP contribution in [-0.2, 0) is 0 Å². The molecule has 8 heavy (non-hydrogen) atoms. The third-order valence-corrected chi connectivity index (χ3v) is 2.36. The first-order valence-electron chi connectivity index (χ1n) is 3.03. The smallest absolute Gasteiger partial charge is 0.00727 e. The lowest BCUT2D eigenvalue weighted by Gasteiger charge is -2.23. The predicted molar refractivity (Wildman–Crippen MR) is 39.1 cm³/mol. The van der Waals surface area contributed by atoms with Crippen molar-refractivity contribution < 1.29 is 0 Å². The molecule has 0 bridgehead atoms. The van der Waals surface area contributed by atoms with E-state index in [9.17, 15) is 0 Å². The first-order valence-corrected chi connectivity index (χ1v) is 4.18. The Balaban J connectivity index is 2.13. The van der Waals surface area contributed by atoms with Gasteiger partial charge < -0.3 is 4.90 Å². The minimum Gasteiger partial charge on any atom is -0.302 e. The van der Waals surface area contributed by atoms with E-state index in [-0.39, 0.29) is 0 Å². The van der Waals surface area contributed by atoms with E-state index in [1.165, 1.54) is 24.6 Å². The zero-order valence-electron chi connectivity index (χ0n) is 5.10. The van der Waals surface area contributed by atoms with E-state index in [0.29, 0.717) is 0 Å². The van der Waals surface area contributed by atoms with Gasteiger partial charge in [-0.25, -0.2) is 0 Å². The van der Waals surface area contributed by atoms with Gasteiger partial charge in [0.2, 0.25) is 0 Å². The second-order valence-corrected chi connectivity index (χ2v) is 3.18. The minimum atomic E-state index is 0.987. The average Bonchev–Trinajstić information content (AvgIpc) is 1.90. The summed E-state index contributed by atoms with van der Waals surface area (Å²) in [5, 5.41) is 0. The average molecular weight is 130 g/mol. The van der Waals surface area contributed by atoms with Gasteiger partial charge in [0.25, 0.3) is 0 Å². The van der Waals surface area contributed by atoms with E-state index in [1.807, 2.05) is 11.8 Å². The molecule has 0 amide bonds. The summed E-state index contributed by atoms with van der Waals surface area (Å²) in [6.45, 7) is 7.30. The third kappa shape index (κ3) is 1.67. The maximum Gasteiger partial charge on any atom is 0.00727 e. The molecular weight excluding hydrogens is 118 g/mol. The summed E-state index contributed by atoms with van der Waals surface area (Å²) < 4.78 is 0. The van der Waals surface area contributed by atoms with Crippen LogP contribution in [0.5, 0.6) is 0 Å². The van der Waals surface area contributed by atoms with E-state index in [1.54, 1.807) is 0 Å². The lowest BCUT2D eigenvalue weighted by atomic mass is 10.5. The van der Waals surface area contributed by atoms with Crippen molar-refractivity contribution in [1.82, 2.24) is 4.90 Å². The first-order chi connectivity index (χ1) is 3.93. The van der Waals surface area contributed by atoms with Crippen molar-refractivity contribution >= 4 is 11.8 Å². The molecule has 47 valence electrons. The molecule has 1 aliphatic rings. The molecule has 1 fully saturated rings. The Hall–Kier alpha value is 0.310. The summed E-state index contributed by atoms with van der Waals surface area (Å²) in [5.41, 5.74) is 0. The van der Waals surface area contributed by atoms with Gasteiger partial charge in [-0.2, -0.15) is 11.8 Å². The van der Waals surface area contributed by atoms with Crippen LogP contribution >= 0.6 is 11.8 Å². The van der Waals surface area contributed by atoms with Crippen LogP contribution in [0.3, 0.4) is 0 Å². The Labute approximate surface area is 55.4 Å². The molecule has 0 spiro atoms. The van der Waals surface area contributed by atoms with Gasteiger partial charge in [-0.05, 0) is 13.5 Å². The van der Waals surface area contributed by atoms with E-state index in [0.717, 1.165) is 6.54 Å². The molecule has 1 saturated heterocycles. The van der Waals surface area contributed by atoms with Gasteiger partial charge in [0.1, 0.15) is 0 Å². The highest BCUT2D eigenvalue weighted by atomic mass is 32.2. The molecule has 0 saturated carbocycles. The summed E-state index contributed by atoms with van der Waals surface area (Å²) in [4.78, 5) is 2.39. The highest BCUT2D eigenvalue weighted by molar-refractivity contribution is 7.99. The molecule has 1 heterocycles. The van der Waals surface area contributed by atoms with Crippen LogP contribution in [0.15, 0.2) is 0 Å². The summed E-state index contributed by atoms with van der Waals surface area (Å²) >= 11 is 2.04. The molecule has 1 aliphatic heterocycles. The topological polar surface area (TPSA) is 3.24 Å². The lowest BCUT2D eigenvalue weighted by Crippen LogP contribution is -2.32. The van der Waals surface area contributed by atoms with Gasteiger partial charge in [-0.3, -0.25) is 0 Å². The van der Waals surface area contributed by atoms with Gasteiger partial charge in [0.15, 0.2) is 0 Å². The molecule has 1 rings (SSSR count). The van der Waals surface area contributed by atoms with Crippen LogP contribution in [0, 0.1) is 6.92 Å². The third-order valence-electron chi connectivity index (χ3n) is 1.42. The van der Waals surface area contributed by atoms with Gasteiger partial charge in [-0.15, -0.1) is 0 Å². The quantitative estimate of drug-likeness (QED) is 0.518. The highest BCUT2D eigenvalue weighted by Crippen LogP contribution is 2.07. The summed E-state index contributed by atoms with van der Waals surface area (Å²) in [7, 11) is 0. The monoisotopic (exact) mass is 130 g/mol. The van der Waals surface area contributed by atoms with E-state index < -0.39 is 0 Å². The van der Waals surface area contributed by atoms with Crippen molar-refractivity contribution in [1.29, 1.82) is 0 Å². The molecular formula is C6H12NS. The van der Waals surface area contributed by atoms with Crippen molar-refractivity contribution in [3.8, 4) is 0 Å². The zero-order valence-corrected chi connectivity index (χ0v) is 5.91. The van der Waals surface area contributed by atoms with Crippen LogP contribution in [0.4, 0.5) is 0 Å². The second kappa shape index (κ2) is 3.36. The van der Waals surface area contributed by atoms with Crippen molar-refractivity contribution in [2.24, 2.45) is 0 Å². The fourth-order valence-corrected chi connectivity index (χ4v) is 1.80. The molecule has 0 atom stereocenters. The molecule has 0 aromatic carbocycles. The number of hydrogen-bond acceptors (Lipinski definition) is 2. The number of nitrogens with zero attached hydrogens (tertiary/aromatic N) is 1. The molecule has 2 heteroatoms. The van der Waals surface area contributed by atoms with Crippen molar-refractivity contribution in [3.63, 3.8) is 0 Å². The highest BCUT2D eigenvalue weighted by Gasteiger charge is 2.05. The number of hydrogen-bond donors (Lipinski definition) is 0. The van der Waals surface area contributed by atoms with Crippen LogP contribution in [0.25, 0.3) is 0 Å². The van der Waals surface area contributed by atoms with Gasteiger partial charge in [0.05, 0.1) is 0 Å². The molecule has 0 unspecified atom stereocenters. The van der Waals surface area contributed by atoms with Crippen LogP contribution in [0.1, 0.15) is 0 Å². The van der Waals surface area contributed by atoms with Gasteiger partial charge in [-0.1, -0.05) is 0 Å². The normalized spacial score (nSPS) is 23.6. The predicted octanol–water partition coefficient (Wildman–Crippen LogP) is 0.869. The Kier molecular flexibility index (Phi) is 2.70. The summed E-state index contributed by atoms with van der Waals surface area (Å²) in [5.74, 6) is 2.60. The summed E-state index contributed by atoms with van der Waals surface area (Å²) in [6.07, 6.45) is 0. The van der Waals surface area contributed by atoms with Gasteiger partial charge >= 0.3 is 0 Å². The van der Waals surface area contributed by atoms with Crippen molar-refractivity contribution in [2.75, 3.05) is 31.1 Å². The van der Waals surface area contributed by atoms with Crippen LogP contribution < -0.4 is 0 Å². The lowest BCUT2D eigenvalue weighted by molar-refractivity contribution is 0.334. The molecule has 0 aromatic rings. The minimum absolute atomic E-state index is 0.987. The molecule has 1 radical (unpaired) electrons.